The third-order valence-electron chi connectivity index (χ3n) is 10.4. The first kappa shape index (κ1) is 29.8. The van der Waals surface area contributed by atoms with Crippen molar-refractivity contribution in [3.63, 3.8) is 0 Å². The molecule has 1 aliphatic heterocycles. The molecule has 0 unspecified atom stereocenters. The first-order valence-electron chi connectivity index (χ1n) is 17.4. The number of aromatic nitrogens is 2. The van der Waals surface area contributed by atoms with Crippen molar-refractivity contribution >= 4 is 0 Å². The fraction of sp³-hybridized carbons (Fsp3) is 0.0208. The average molecular weight is 664 g/mol. The Hall–Kier alpha value is -7.09. The molecule has 2 aliphatic rings. The number of benzene rings is 7. The largest absolute Gasteiger partial charge is 0.457 e. The summed E-state index contributed by atoms with van der Waals surface area (Å²) in [4.78, 5) is 10.1. The standard InChI is InChI=1S/C48H29N3O/c49-30-31-12-11-17-34(26-31)35-22-24-41-45(27-35)52-46-28-36(23-25-42(46)48(41)39-20-9-7-18-37(39)38-19-8-10-21-40(38)48)44-29-43(32-13-3-1-4-14-32)50-47(51-44)33-15-5-2-6-16-33/h1-29H. The van der Waals surface area contributed by atoms with Gasteiger partial charge in [0.25, 0.3) is 0 Å². The van der Waals surface area contributed by atoms with Crippen LogP contribution in [0.2, 0.25) is 0 Å². The highest BCUT2D eigenvalue weighted by molar-refractivity contribution is 5.89. The lowest BCUT2D eigenvalue weighted by molar-refractivity contribution is 0.437. The fourth-order valence-electron chi connectivity index (χ4n) is 8.09. The Kier molecular flexibility index (Phi) is 6.74. The lowest BCUT2D eigenvalue weighted by Crippen LogP contribution is -2.32. The summed E-state index contributed by atoms with van der Waals surface area (Å²) in [5.41, 5.74) is 13.6. The highest BCUT2D eigenvalue weighted by Crippen LogP contribution is 2.62. The van der Waals surface area contributed by atoms with Gasteiger partial charge in [0.1, 0.15) is 11.5 Å². The van der Waals surface area contributed by atoms with E-state index in [0.717, 1.165) is 61.8 Å². The third kappa shape index (κ3) is 4.54. The van der Waals surface area contributed by atoms with Crippen molar-refractivity contribution in [1.29, 1.82) is 5.26 Å². The second-order valence-corrected chi connectivity index (χ2v) is 13.3. The first-order valence-corrected chi connectivity index (χ1v) is 17.4. The molecule has 0 fully saturated rings. The van der Waals surface area contributed by atoms with Crippen LogP contribution in [0.15, 0.2) is 176 Å². The van der Waals surface area contributed by atoms with Crippen molar-refractivity contribution in [2.24, 2.45) is 0 Å². The Morgan fingerprint density at radius 3 is 1.60 bits per heavy atom. The molecule has 242 valence electrons. The van der Waals surface area contributed by atoms with Gasteiger partial charge in [0.05, 0.1) is 28.4 Å². The van der Waals surface area contributed by atoms with E-state index in [1.807, 2.05) is 72.8 Å². The molecular formula is C48H29N3O. The molecule has 0 atom stereocenters. The molecule has 0 amide bonds. The van der Waals surface area contributed by atoms with Gasteiger partial charge in [-0.3, -0.25) is 0 Å². The quantitative estimate of drug-likeness (QED) is 0.188. The fourth-order valence-corrected chi connectivity index (χ4v) is 8.09. The Balaban J connectivity index is 1.21. The molecule has 2 heterocycles. The maximum Gasteiger partial charge on any atom is 0.160 e. The third-order valence-corrected chi connectivity index (χ3v) is 10.4. The zero-order valence-corrected chi connectivity index (χ0v) is 28.0. The number of rotatable bonds is 4. The monoisotopic (exact) mass is 663 g/mol. The zero-order chi connectivity index (χ0) is 34.6. The molecule has 0 saturated carbocycles. The number of hydrogen-bond donors (Lipinski definition) is 0. The van der Waals surface area contributed by atoms with E-state index in [1.165, 1.54) is 22.3 Å². The van der Waals surface area contributed by atoms with Crippen LogP contribution in [-0.4, -0.2) is 9.97 Å². The van der Waals surface area contributed by atoms with Gasteiger partial charge in [0.15, 0.2) is 5.82 Å². The second-order valence-electron chi connectivity index (χ2n) is 13.3. The van der Waals surface area contributed by atoms with Crippen molar-refractivity contribution in [1.82, 2.24) is 9.97 Å². The Bertz CT molecular complexity index is 2630. The molecule has 8 aromatic rings. The van der Waals surface area contributed by atoms with Crippen molar-refractivity contribution in [2.75, 3.05) is 0 Å². The SMILES string of the molecule is N#Cc1cccc(-c2ccc3c(c2)Oc2cc(-c4cc(-c5ccccc5)nc(-c5ccccc5)n4)ccc2C32c3ccccc3-c3ccccc32)c1. The van der Waals surface area contributed by atoms with Crippen LogP contribution in [-0.2, 0) is 5.41 Å². The Labute approximate surface area is 301 Å². The van der Waals surface area contributed by atoms with Crippen molar-refractivity contribution in [3.05, 3.63) is 204 Å². The predicted molar refractivity (Wildman–Crippen MR) is 206 cm³/mol. The Morgan fingerprint density at radius 2 is 0.942 bits per heavy atom. The summed E-state index contributed by atoms with van der Waals surface area (Å²) < 4.78 is 7.00. The summed E-state index contributed by atoms with van der Waals surface area (Å²) in [6, 6.07) is 62.9. The second kappa shape index (κ2) is 11.8. The first-order chi connectivity index (χ1) is 25.7. The molecule has 1 spiro atoms. The number of fused-ring (bicyclic) bond motifs is 9. The van der Waals surface area contributed by atoms with Gasteiger partial charge < -0.3 is 4.74 Å². The van der Waals surface area contributed by atoms with E-state index in [4.69, 9.17) is 14.7 Å². The highest BCUT2D eigenvalue weighted by atomic mass is 16.5. The van der Waals surface area contributed by atoms with Gasteiger partial charge in [-0.1, -0.05) is 146 Å². The predicted octanol–water partition coefficient (Wildman–Crippen LogP) is 11.5. The minimum atomic E-state index is -0.599. The molecule has 0 saturated heterocycles. The van der Waals surface area contributed by atoms with E-state index in [-0.39, 0.29) is 0 Å². The van der Waals surface area contributed by atoms with Gasteiger partial charge in [-0.25, -0.2) is 9.97 Å². The van der Waals surface area contributed by atoms with E-state index < -0.39 is 5.41 Å². The van der Waals surface area contributed by atoms with Crippen LogP contribution in [0.25, 0.3) is 56.2 Å². The van der Waals surface area contributed by atoms with E-state index in [9.17, 15) is 5.26 Å². The molecule has 4 nitrogen and oxygen atoms in total. The van der Waals surface area contributed by atoms with Crippen LogP contribution in [0.3, 0.4) is 0 Å². The van der Waals surface area contributed by atoms with Crippen LogP contribution in [0.4, 0.5) is 0 Å². The Morgan fingerprint density at radius 1 is 0.423 bits per heavy atom. The molecule has 0 N–H and O–H groups in total. The van der Waals surface area contributed by atoms with Crippen LogP contribution in [0, 0.1) is 11.3 Å². The molecular weight excluding hydrogens is 635 g/mol. The molecule has 4 heteroatoms. The van der Waals surface area contributed by atoms with Crippen LogP contribution in [0.1, 0.15) is 27.8 Å². The van der Waals surface area contributed by atoms with Crippen molar-refractivity contribution in [2.45, 2.75) is 5.41 Å². The minimum Gasteiger partial charge on any atom is -0.457 e. The molecule has 0 bridgehead atoms. The van der Waals surface area contributed by atoms with Crippen LogP contribution < -0.4 is 4.74 Å². The van der Waals surface area contributed by atoms with E-state index in [0.29, 0.717) is 11.4 Å². The normalized spacial score (nSPS) is 12.9. The van der Waals surface area contributed by atoms with Crippen molar-refractivity contribution < 1.29 is 4.74 Å². The minimum absolute atomic E-state index is 0.599. The molecule has 1 aliphatic carbocycles. The summed E-state index contributed by atoms with van der Waals surface area (Å²) >= 11 is 0. The summed E-state index contributed by atoms with van der Waals surface area (Å²) in [7, 11) is 0. The number of nitrogens with zero attached hydrogens (tertiary/aromatic N) is 3. The summed E-state index contributed by atoms with van der Waals surface area (Å²) in [6.07, 6.45) is 0. The highest BCUT2D eigenvalue weighted by Gasteiger charge is 2.51. The maximum absolute atomic E-state index is 9.64. The maximum atomic E-state index is 9.64. The van der Waals surface area contributed by atoms with Crippen LogP contribution >= 0.6 is 0 Å². The zero-order valence-electron chi connectivity index (χ0n) is 28.0. The van der Waals surface area contributed by atoms with E-state index in [2.05, 4.69) is 109 Å². The van der Waals surface area contributed by atoms with Gasteiger partial charge >= 0.3 is 0 Å². The van der Waals surface area contributed by atoms with Crippen molar-refractivity contribution in [3.8, 4) is 73.7 Å². The molecule has 7 aromatic carbocycles. The van der Waals surface area contributed by atoms with Gasteiger partial charge in [-0.2, -0.15) is 5.26 Å². The molecule has 10 rings (SSSR count). The van der Waals surface area contributed by atoms with Gasteiger partial charge in [-0.05, 0) is 63.7 Å². The summed E-state index contributed by atoms with van der Waals surface area (Å²) in [5, 5.41) is 9.64. The van der Waals surface area contributed by atoms with E-state index in [1.54, 1.807) is 0 Å². The molecule has 1 aromatic heterocycles. The van der Waals surface area contributed by atoms with Gasteiger partial charge in [0.2, 0.25) is 0 Å². The summed E-state index contributed by atoms with van der Waals surface area (Å²) in [6.45, 7) is 0. The van der Waals surface area contributed by atoms with Gasteiger partial charge in [-0.15, -0.1) is 0 Å². The van der Waals surface area contributed by atoms with E-state index >= 15 is 0 Å². The lowest BCUT2D eigenvalue weighted by atomic mass is 9.66. The lowest BCUT2D eigenvalue weighted by Gasteiger charge is -2.39. The number of nitriles is 1. The summed E-state index contributed by atoms with van der Waals surface area (Å²) in [5.74, 6) is 2.23. The average Bonchev–Trinajstić information content (AvgIpc) is 3.51. The van der Waals surface area contributed by atoms with Gasteiger partial charge in [0, 0.05) is 27.8 Å². The smallest absolute Gasteiger partial charge is 0.160 e. The van der Waals surface area contributed by atoms with Crippen LogP contribution in [0.5, 0.6) is 11.5 Å². The molecule has 0 radical (unpaired) electrons. The number of hydrogen-bond acceptors (Lipinski definition) is 4. The number of ether oxygens (including phenoxy) is 1. The molecule has 52 heavy (non-hydrogen) atoms. The topological polar surface area (TPSA) is 58.8 Å².